The smallest absolute Gasteiger partial charge is 0.386 e. The van der Waals surface area contributed by atoms with Crippen LogP contribution in [0.25, 0.3) is 0 Å². The van der Waals surface area contributed by atoms with Crippen molar-refractivity contribution >= 4 is 15.2 Å². The Morgan fingerprint density at radius 1 is 0.618 bits per heavy atom. The largest absolute Gasteiger partial charge is 0.639 e. The predicted molar refractivity (Wildman–Crippen MR) is 155 cm³/mol. The van der Waals surface area contributed by atoms with Gasteiger partial charge in [-0.05, 0) is 48.1 Å². The summed E-state index contributed by atoms with van der Waals surface area (Å²) in [4.78, 5) is 0. The molecule has 204 valence electrons. The third kappa shape index (κ3) is 9.35. The second-order valence-electron chi connectivity index (χ2n) is 13.1. The van der Waals surface area contributed by atoms with E-state index >= 15 is 0 Å². The molecule has 0 aromatic carbocycles. The van der Waals surface area contributed by atoms with Gasteiger partial charge in [-0.1, -0.05) is 124 Å². The molecule has 0 aromatic heterocycles. The Kier molecular flexibility index (Phi) is 15.8. The third-order valence-electron chi connectivity index (χ3n) is 7.09. The molecule has 0 saturated carbocycles. The standard InChI is InChI=1S/C29H62BO3P/c1-14-18-22-31-30(32-23-19-15-2)33-25(21-17-4)34(24-20-16-3)29(26(5,6)7,27(8,9)10)28(11,12)13/h25H,14-24H2,1-13H3. The van der Waals surface area contributed by atoms with Gasteiger partial charge in [0.05, 0.1) is 5.85 Å². The van der Waals surface area contributed by atoms with E-state index in [2.05, 4.69) is 90.0 Å². The van der Waals surface area contributed by atoms with Crippen LogP contribution in [-0.2, 0) is 14.0 Å². The van der Waals surface area contributed by atoms with E-state index < -0.39 is 15.2 Å². The van der Waals surface area contributed by atoms with Crippen molar-refractivity contribution in [2.75, 3.05) is 19.4 Å². The van der Waals surface area contributed by atoms with Crippen molar-refractivity contribution in [3.05, 3.63) is 0 Å². The fraction of sp³-hybridized carbons (Fsp3) is 1.00. The molecule has 0 aromatic rings. The molecule has 2 unspecified atom stereocenters. The van der Waals surface area contributed by atoms with Gasteiger partial charge in [-0.2, -0.15) is 0 Å². The molecule has 0 aliphatic carbocycles. The topological polar surface area (TPSA) is 27.7 Å². The van der Waals surface area contributed by atoms with Crippen molar-refractivity contribution in [1.82, 2.24) is 0 Å². The zero-order valence-electron chi connectivity index (χ0n) is 25.6. The van der Waals surface area contributed by atoms with Crippen molar-refractivity contribution < 1.29 is 14.0 Å². The number of unbranched alkanes of at least 4 members (excludes halogenated alkanes) is 3. The first-order valence-electron chi connectivity index (χ1n) is 14.3. The highest BCUT2D eigenvalue weighted by Crippen LogP contribution is 2.74. The zero-order chi connectivity index (χ0) is 26.6. The summed E-state index contributed by atoms with van der Waals surface area (Å²) in [5.74, 6) is 0.164. The molecule has 0 amide bonds. The summed E-state index contributed by atoms with van der Waals surface area (Å²) in [5.41, 5.74) is 0.375. The molecule has 0 N–H and O–H groups in total. The minimum Gasteiger partial charge on any atom is -0.386 e. The number of rotatable bonds is 17. The quantitative estimate of drug-likeness (QED) is 0.113. The van der Waals surface area contributed by atoms with Gasteiger partial charge in [0.1, 0.15) is 0 Å². The number of hydrogen-bond donors (Lipinski definition) is 0. The van der Waals surface area contributed by atoms with Crippen molar-refractivity contribution in [2.24, 2.45) is 16.2 Å². The van der Waals surface area contributed by atoms with Crippen molar-refractivity contribution in [3.8, 4) is 0 Å². The average molecular weight is 501 g/mol. The molecule has 0 aliphatic heterocycles. The minimum absolute atomic E-state index is 0.106. The first kappa shape index (κ1) is 34.4. The molecule has 0 bridgehead atoms. The van der Waals surface area contributed by atoms with E-state index in [4.69, 9.17) is 14.0 Å². The normalized spacial score (nSPS) is 15.4. The lowest BCUT2D eigenvalue weighted by Gasteiger charge is -2.66. The van der Waals surface area contributed by atoms with Gasteiger partial charge < -0.3 is 14.0 Å². The van der Waals surface area contributed by atoms with Gasteiger partial charge in [-0.25, -0.2) is 0 Å². The van der Waals surface area contributed by atoms with Crippen molar-refractivity contribution in [3.63, 3.8) is 0 Å². The summed E-state index contributed by atoms with van der Waals surface area (Å²) in [6.45, 7) is 32.7. The van der Waals surface area contributed by atoms with Crippen LogP contribution >= 0.6 is 7.92 Å². The highest BCUT2D eigenvalue weighted by atomic mass is 31.1. The van der Waals surface area contributed by atoms with E-state index in [0.717, 1.165) is 38.5 Å². The molecule has 5 heteroatoms. The van der Waals surface area contributed by atoms with E-state index in [-0.39, 0.29) is 27.2 Å². The summed E-state index contributed by atoms with van der Waals surface area (Å²) in [6.07, 6.45) is 10.2. The maximum Gasteiger partial charge on any atom is 0.639 e. The summed E-state index contributed by atoms with van der Waals surface area (Å²) < 4.78 is 19.3. The molecule has 34 heavy (non-hydrogen) atoms. The van der Waals surface area contributed by atoms with Crippen molar-refractivity contribution in [1.29, 1.82) is 0 Å². The van der Waals surface area contributed by atoms with Crippen LogP contribution in [0.2, 0.25) is 0 Å². The fourth-order valence-corrected chi connectivity index (χ4v) is 12.1. The van der Waals surface area contributed by atoms with Gasteiger partial charge in [0.2, 0.25) is 0 Å². The lowest BCUT2D eigenvalue weighted by Crippen LogP contribution is -2.61. The van der Waals surface area contributed by atoms with Gasteiger partial charge in [0, 0.05) is 18.4 Å². The van der Waals surface area contributed by atoms with E-state index in [1.54, 1.807) is 0 Å². The molecule has 0 heterocycles. The van der Waals surface area contributed by atoms with E-state index in [9.17, 15) is 0 Å². The van der Waals surface area contributed by atoms with Crippen molar-refractivity contribution in [2.45, 2.75) is 152 Å². The highest BCUT2D eigenvalue weighted by molar-refractivity contribution is 7.60. The predicted octanol–water partition coefficient (Wildman–Crippen LogP) is 9.91. The van der Waals surface area contributed by atoms with E-state index in [1.807, 2.05) is 0 Å². The SMILES string of the molecule is CCCCOB(OCCCC)OC(CCC)P(CCCC)C(C(C)(C)C)(C(C)(C)C)C(C)(C)C. The van der Waals surface area contributed by atoms with Gasteiger partial charge in [0.15, 0.2) is 0 Å². The summed E-state index contributed by atoms with van der Waals surface area (Å²) in [7, 11) is -1.06. The molecule has 0 aliphatic rings. The van der Waals surface area contributed by atoms with Crippen LogP contribution in [-0.4, -0.2) is 37.7 Å². The average Bonchev–Trinajstić information content (AvgIpc) is 2.67. The van der Waals surface area contributed by atoms with Crippen LogP contribution in [0, 0.1) is 16.2 Å². The zero-order valence-corrected chi connectivity index (χ0v) is 26.5. The lowest BCUT2D eigenvalue weighted by molar-refractivity contribution is 0.0264. The molecule has 0 fully saturated rings. The van der Waals surface area contributed by atoms with Crippen LogP contribution in [0.5, 0.6) is 0 Å². The highest BCUT2D eigenvalue weighted by Gasteiger charge is 2.62. The first-order valence-corrected chi connectivity index (χ1v) is 15.9. The Bertz CT molecular complexity index is 473. The molecule has 0 saturated heterocycles. The van der Waals surface area contributed by atoms with E-state index in [0.29, 0.717) is 13.2 Å². The van der Waals surface area contributed by atoms with Gasteiger partial charge in [0.25, 0.3) is 0 Å². The lowest BCUT2D eigenvalue weighted by atomic mass is 9.55. The van der Waals surface area contributed by atoms with Crippen LogP contribution in [0.3, 0.4) is 0 Å². The maximum atomic E-state index is 6.92. The summed E-state index contributed by atoms with van der Waals surface area (Å²) in [6, 6.07) is 0. The monoisotopic (exact) mass is 500 g/mol. The summed E-state index contributed by atoms with van der Waals surface area (Å²) >= 11 is 0. The molecule has 0 radical (unpaired) electrons. The molecule has 3 nitrogen and oxygen atoms in total. The van der Waals surface area contributed by atoms with E-state index in [1.165, 1.54) is 19.0 Å². The van der Waals surface area contributed by atoms with Gasteiger partial charge in [-0.15, -0.1) is 0 Å². The third-order valence-corrected chi connectivity index (χ3v) is 11.8. The molecule has 2 atom stereocenters. The number of hydrogen-bond acceptors (Lipinski definition) is 3. The fourth-order valence-electron chi connectivity index (χ4n) is 6.97. The Balaban J connectivity index is 6.57. The van der Waals surface area contributed by atoms with Crippen LogP contribution in [0.4, 0.5) is 0 Å². The Morgan fingerprint density at radius 2 is 1.03 bits per heavy atom. The molecular weight excluding hydrogens is 438 g/mol. The second kappa shape index (κ2) is 15.6. The summed E-state index contributed by atoms with van der Waals surface area (Å²) in [5, 5.41) is 0.106. The Morgan fingerprint density at radius 3 is 1.35 bits per heavy atom. The van der Waals surface area contributed by atoms with Crippen LogP contribution < -0.4 is 0 Å². The van der Waals surface area contributed by atoms with Crippen LogP contribution in [0.1, 0.15) is 141 Å². The van der Waals surface area contributed by atoms with Crippen LogP contribution in [0.15, 0.2) is 0 Å². The molecule has 0 rings (SSSR count). The first-order chi connectivity index (χ1) is 15.6. The second-order valence-corrected chi connectivity index (χ2v) is 15.8. The maximum absolute atomic E-state index is 6.92. The van der Waals surface area contributed by atoms with Gasteiger partial charge in [-0.3, -0.25) is 0 Å². The Hall–Kier alpha value is 0.375. The molecule has 0 spiro atoms. The van der Waals surface area contributed by atoms with Gasteiger partial charge >= 0.3 is 7.32 Å². The minimum atomic E-state index is -0.557. The Labute approximate surface area is 217 Å². The molecular formula is C29H62BO3P.